The lowest BCUT2D eigenvalue weighted by Crippen LogP contribution is -2.50. The summed E-state index contributed by atoms with van der Waals surface area (Å²) in [5, 5.41) is 17.5. The highest BCUT2D eigenvalue weighted by Gasteiger charge is 2.18. The molecule has 0 fully saturated rings. The fourth-order valence-electron chi connectivity index (χ4n) is 3.03. The van der Waals surface area contributed by atoms with Gasteiger partial charge in [0.2, 0.25) is 0 Å². The average Bonchev–Trinajstić information content (AvgIpc) is 2.54. The van der Waals surface area contributed by atoms with Gasteiger partial charge in [-0.25, -0.2) is 0 Å². The fraction of sp³-hybridized carbons (Fsp3) is 0.647. The molecule has 0 radical (unpaired) electrons. The first-order chi connectivity index (χ1) is 10.7. The largest absolute Gasteiger partial charge is 0.372 e. The van der Waals surface area contributed by atoms with E-state index in [9.17, 15) is 0 Å². The molecule has 0 bridgehead atoms. The molecular weight excluding hydrogens is 274 g/mol. The minimum Gasteiger partial charge on any atom is -0.372 e. The van der Waals surface area contributed by atoms with Crippen molar-refractivity contribution >= 4 is 0 Å². The van der Waals surface area contributed by atoms with Gasteiger partial charge < -0.3 is 26.6 Å². The Kier molecular flexibility index (Phi) is 4.80. The summed E-state index contributed by atoms with van der Waals surface area (Å²) >= 11 is 0. The van der Waals surface area contributed by atoms with Crippen LogP contribution in [0, 0.1) is 5.92 Å². The molecule has 3 aliphatic heterocycles. The average molecular weight is 303 g/mol. The Bertz CT molecular complexity index is 479. The highest BCUT2D eigenvalue weighted by molar-refractivity contribution is 5.11. The highest BCUT2D eigenvalue weighted by atomic mass is 15.2. The van der Waals surface area contributed by atoms with Gasteiger partial charge in [0.15, 0.2) is 0 Å². The van der Waals surface area contributed by atoms with Crippen molar-refractivity contribution in [3.05, 3.63) is 35.6 Å². The molecule has 3 unspecified atom stereocenters. The smallest absolute Gasteiger partial charge is 0.0973 e. The number of hydrogen-bond donors (Lipinski definition) is 5. The molecule has 0 amide bonds. The summed E-state index contributed by atoms with van der Waals surface area (Å²) in [6.45, 7) is 6.47. The monoisotopic (exact) mass is 303 g/mol. The first-order valence-corrected chi connectivity index (χ1v) is 8.52. The molecule has 3 aliphatic rings. The van der Waals surface area contributed by atoms with Crippen LogP contribution in [0.5, 0.6) is 0 Å². The lowest BCUT2D eigenvalue weighted by molar-refractivity contribution is 0.412. The van der Waals surface area contributed by atoms with E-state index < -0.39 is 0 Å². The Labute approximate surface area is 133 Å². The summed E-state index contributed by atoms with van der Waals surface area (Å²) in [6, 6.07) is 0.458. The normalized spacial score (nSPS) is 31.5. The molecule has 22 heavy (non-hydrogen) atoms. The van der Waals surface area contributed by atoms with Gasteiger partial charge in [-0.05, 0) is 56.9 Å². The van der Waals surface area contributed by atoms with E-state index in [1.54, 1.807) is 0 Å². The third-order valence-electron chi connectivity index (χ3n) is 4.56. The SMILES string of the molecule is CC1=CNC(NC2=CCC(NC3=CCC(C)CN3)CN2)CC1. The summed E-state index contributed by atoms with van der Waals surface area (Å²) < 4.78 is 0. The molecular formula is C17H29N5. The quantitative estimate of drug-likeness (QED) is 0.544. The molecule has 0 aliphatic carbocycles. The van der Waals surface area contributed by atoms with Crippen LogP contribution in [0.3, 0.4) is 0 Å². The number of hydrogen-bond acceptors (Lipinski definition) is 5. The first-order valence-electron chi connectivity index (χ1n) is 8.52. The van der Waals surface area contributed by atoms with Gasteiger partial charge in [0.05, 0.1) is 17.8 Å². The maximum atomic E-state index is 3.60. The second-order valence-corrected chi connectivity index (χ2v) is 6.81. The van der Waals surface area contributed by atoms with E-state index >= 15 is 0 Å². The van der Waals surface area contributed by atoms with E-state index in [1.165, 1.54) is 24.2 Å². The predicted octanol–water partition coefficient (Wildman–Crippen LogP) is 1.45. The van der Waals surface area contributed by atoms with Gasteiger partial charge in [-0.1, -0.05) is 12.5 Å². The van der Waals surface area contributed by atoms with Crippen LogP contribution in [-0.4, -0.2) is 25.3 Å². The molecule has 0 saturated carbocycles. The maximum absolute atomic E-state index is 3.60. The van der Waals surface area contributed by atoms with Crippen molar-refractivity contribution in [1.82, 2.24) is 26.6 Å². The molecule has 0 spiro atoms. The van der Waals surface area contributed by atoms with Gasteiger partial charge in [-0.2, -0.15) is 0 Å². The second kappa shape index (κ2) is 6.99. The van der Waals surface area contributed by atoms with Crippen LogP contribution in [-0.2, 0) is 0 Å². The lowest BCUT2D eigenvalue weighted by atomic mass is 10.0. The Morgan fingerprint density at radius 3 is 2.45 bits per heavy atom. The van der Waals surface area contributed by atoms with E-state index in [4.69, 9.17) is 0 Å². The van der Waals surface area contributed by atoms with E-state index in [-0.39, 0.29) is 0 Å². The van der Waals surface area contributed by atoms with Crippen molar-refractivity contribution in [2.45, 2.75) is 51.7 Å². The first kappa shape index (κ1) is 15.1. The van der Waals surface area contributed by atoms with Crippen molar-refractivity contribution in [2.24, 2.45) is 5.92 Å². The molecule has 0 aromatic rings. The molecule has 5 heteroatoms. The van der Waals surface area contributed by atoms with Gasteiger partial charge in [-0.3, -0.25) is 0 Å². The van der Waals surface area contributed by atoms with Gasteiger partial charge >= 0.3 is 0 Å². The molecule has 5 nitrogen and oxygen atoms in total. The van der Waals surface area contributed by atoms with Gasteiger partial charge in [0.1, 0.15) is 0 Å². The molecule has 3 atom stereocenters. The maximum Gasteiger partial charge on any atom is 0.0973 e. The molecule has 0 aromatic heterocycles. The summed E-state index contributed by atoms with van der Waals surface area (Å²) in [5.41, 5.74) is 1.43. The predicted molar refractivity (Wildman–Crippen MR) is 90.5 cm³/mol. The van der Waals surface area contributed by atoms with E-state index in [0.717, 1.165) is 37.7 Å². The standard InChI is InChI=1S/C17H29N5/c1-12-3-6-15(18-9-12)21-14-5-8-17(20-11-14)22-16-7-4-13(2)10-19-16/h6,8,10,12,14,16,18-22H,3-5,7,9,11H2,1-2H3. The number of allylic oxidation sites excluding steroid dienone is 2. The van der Waals surface area contributed by atoms with Crippen LogP contribution < -0.4 is 26.6 Å². The summed E-state index contributed by atoms with van der Waals surface area (Å²) in [4.78, 5) is 0. The minimum atomic E-state index is 0.344. The van der Waals surface area contributed by atoms with E-state index in [0.29, 0.717) is 12.2 Å². The summed E-state index contributed by atoms with van der Waals surface area (Å²) in [7, 11) is 0. The minimum absolute atomic E-state index is 0.344. The van der Waals surface area contributed by atoms with Crippen LogP contribution in [0.4, 0.5) is 0 Å². The fourth-order valence-corrected chi connectivity index (χ4v) is 3.03. The van der Waals surface area contributed by atoms with E-state index in [1.807, 2.05) is 0 Å². The van der Waals surface area contributed by atoms with Crippen molar-refractivity contribution in [1.29, 1.82) is 0 Å². The molecule has 3 heterocycles. The number of rotatable bonds is 4. The Hall–Kier alpha value is -1.78. The van der Waals surface area contributed by atoms with Crippen molar-refractivity contribution in [2.75, 3.05) is 13.1 Å². The van der Waals surface area contributed by atoms with Crippen LogP contribution in [0.1, 0.15) is 39.5 Å². The lowest BCUT2D eigenvalue weighted by Gasteiger charge is -2.32. The molecule has 122 valence electrons. The van der Waals surface area contributed by atoms with Gasteiger partial charge in [-0.15, -0.1) is 0 Å². The van der Waals surface area contributed by atoms with Crippen molar-refractivity contribution < 1.29 is 0 Å². The van der Waals surface area contributed by atoms with Gasteiger partial charge in [0, 0.05) is 19.1 Å². The van der Waals surface area contributed by atoms with Gasteiger partial charge in [0.25, 0.3) is 0 Å². The molecule has 0 saturated heterocycles. The molecule has 3 rings (SSSR count). The van der Waals surface area contributed by atoms with Crippen LogP contribution >= 0.6 is 0 Å². The zero-order chi connectivity index (χ0) is 15.4. The van der Waals surface area contributed by atoms with Crippen LogP contribution in [0.25, 0.3) is 0 Å². The Morgan fingerprint density at radius 2 is 1.82 bits per heavy atom. The zero-order valence-electron chi connectivity index (χ0n) is 13.7. The molecule has 5 N–H and O–H groups in total. The highest BCUT2D eigenvalue weighted by Crippen LogP contribution is 2.13. The van der Waals surface area contributed by atoms with Crippen molar-refractivity contribution in [3.63, 3.8) is 0 Å². The zero-order valence-corrected chi connectivity index (χ0v) is 13.7. The topological polar surface area (TPSA) is 60.1 Å². The molecule has 0 aromatic carbocycles. The second-order valence-electron chi connectivity index (χ2n) is 6.81. The summed E-state index contributed by atoms with van der Waals surface area (Å²) in [5.74, 6) is 3.10. The Balaban J connectivity index is 1.44. The Morgan fingerprint density at radius 1 is 1.05 bits per heavy atom. The van der Waals surface area contributed by atoms with Crippen LogP contribution in [0.15, 0.2) is 35.6 Å². The van der Waals surface area contributed by atoms with Crippen molar-refractivity contribution in [3.8, 4) is 0 Å². The third-order valence-corrected chi connectivity index (χ3v) is 4.56. The number of nitrogens with one attached hydrogen (secondary N) is 5. The van der Waals surface area contributed by atoms with E-state index in [2.05, 4.69) is 58.8 Å². The third kappa shape index (κ3) is 4.12. The van der Waals surface area contributed by atoms with Crippen LogP contribution in [0.2, 0.25) is 0 Å². The summed E-state index contributed by atoms with van der Waals surface area (Å²) in [6.07, 6.45) is 11.5.